The molecule has 2 aliphatic rings. The minimum absolute atomic E-state index is 0.0233. The Balaban J connectivity index is 1.44. The number of thiol groups is 1. The van der Waals surface area contributed by atoms with Crippen molar-refractivity contribution in [2.24, 2.45) is 0 Å². The molecule has 2 fully saturated rings. The molecule has 0 aromatic heterocycles. The molecular formula is C46H71BN4O9SSi. The zero-order chi connectivity index (χ0) is 45.9. The monoisotopic (exact) mass is 894 g/mol. The topological polar surface area (TPSA) is 140 Å². The second-order valence-electron chi connectivity index (χ2n) is 17.9. The SMILES string of the molecule is C=C1C[C@@H](CC)N(C(=O)c2cc(OC)c(OCCCCCOc3cc(NC(=C)OC[C@@H](C)S)c(C(=O)N4CC(=C)C[C@H]4CO[Si](C)(C)C(C)(C)C)cc3OC)cc2NB(C)O)C1. The quantitative estimate of drug-likeness (QED) is 0.0279. The van der Waals surface area contributed by atoms with E-state index in [9.17, 15) is 14.6 Å². The Labute approximate surface area is 377 Å². The highest BCUT2D eigenvalue weighted by Gasteiger charge is 2.40. The van der Waals surface area contributed by atoms with E-state index in [1.165, 1.54) is 7.11 Å². The minimum atomic E-state index is -2.06. The summed E-state index contributed by atoms with van der Waals surface area (Å²) in [6, 6.07) is 6.75. The molecule has 13 nitrogen and oxygen atoms in total. The first-order valence-corrected chi connectivity index (χ1v) is 25.1. The van der Waals surface area contributed by atoms with E-state index in [1.54, 1.807) is 38.2 Å². The molecule has 2 amide bonds. The molecule has 16 heteroatoms. The van der Waals surface area contributed by atoms with Crippen molar-refractivity contribution < 1.29 is 42.7 Å². The van der Waals surface area contributed by atoms with E-state index in [1.807, 2.05) is 16.7 Å². The second-order valence-corrected chi connectivity index (χ2v) is 23.6. The molecule has 0 aliphatic carbocycles. The van der Waals surface area contributed by atoms with Crippen LogP contribution in [0.15, 0.2) is 61.0 Å². The fourth-order valence-electron chi connectivity index (χ4n) is 7.19. The van der Waals surface area contributed by atoms with E-state index in [2.05, 4.69) is 83.7 Å². The fourth-order valence-corrected chi connectivity index (χ4v) is 8.31. The van der Waals surface area contributed by atoms with E-state index in [4.69, 9.17) is 28.1 Å². The van der Waals surface area contributed by atoms with Gasteiger partial charge in [-0.25, -0.2) is 0 Å². The molecule has 2 aromatic carbocycles. The van der Waals surface area contributed by atoms with Gasteiger partial charge in [0, 0.05) is 42.2 Å². The molecule has 4 rings (SSSR count). The lowest BCUT2D eigenvalue weighted by molar-refractivity contribution is 0.0685. The van der Waals surface area contributed by atoms with Crippen LogP contribution in [-0.4, -0.2) is 113 Å². The number of likely N-dealkylation sites (tertiary alicyclic amines) is 2. The number of rotatable bonds is 23. The number of hydrogen-bond donors (Lipinski definition) is 4. The number of nitrogens with zero attached hydrogens (tertiary/aromatic N) is 2. The maximum Gasteiger partial charge on any atom is 0.406 e. The lowest BCUT2D eigenvalue weighted by atomic mass is 9.87. The van der Waals surface area contributed by atoms with Crippen molar-refractivity contribution in [2.75, 3.05) is 64.3 Å². The Kier molecular flexibility index (Phi) is 18.2. The highest BCUT2D eigenvalue weighted by molar-refractivity contribution is 7.80. The van der Waals surface area contributed by atoms with Gasteiger partial charge in [-0.3, -0.25) is 9.59 Å². The number of unbranched alkanes of at least 4 members (excludes halogenated alkanes) is 2. The van der Waals surface area contributed by atoms with Gasteiger partial charge in [-0.1, -0.05) is 58.9 Å². The second kappa shape index (κ2) is 22.4. The normalized spacial score (nSPS) is 17.2. The van der Waals surface area contributed by atoms with Crippen LogP contribution in [0.3, 0.4) is 0 Å². The van der Waals surface area contributed by atoms with E-state index in [-0.39, 0.29) is 40.1 Å². The van der Waals surface area contributed by atoms with Crippen molar-refractivity contribution in [3.63, 3.8) is 0 Å². The molecular weight excluding hydrogens is 823 g/mol. The molecule has 342 valence electrons. The van der Waals surface area contributed by atoms with Crippen molar-refractivity contribution in [2.45, 2.75) is 115 Å². The van der Waals surface area contributed by atoms with Crippen molar-refractivity contribution in [3.05, 3.63) is 72.2 Å². The highest BCUT2D eigenvalue weighted by atomic mass is 32.1. The molecule has 0 radical (unpaired) electrons. The number of benzene rings is 2. The van der Waals surface area contributed by atoms with E-state index in [0.717, 1.165) is 30.4 Å². The number of hydrogen-bond acceptors (Lipinski definition) is 12. The maximum absolute atomic E-state index is 14.4. The Morgan fingerprint density at radius 3 is 1.87 bits per heavy atom. The van der Waals surface area contributed by atoms with Crippen molar-refractivity contribution in [1.29, 1.82) is 0 Å². The van der Waals surface area contributed by atoms with Gasteiger partial charge in [-0.2, -0.15) is 12.6 Å². The third-order valence-electron chi connectivity index (χ3n) is 11.7. The molecule has 3 atom stereocenters. The van der Waals surface area contributed by atoms with Gasteiger partial charge in [0.1, 0.15) is 6.61 Å². The zero-order valence-corrected chi connectivity index (χ0v) is 40.7. The van der Waals surface area contributed by atoms with Gasteiger partial charge < -0.3 is 53.5 Å². The summed E-state index contributed by atoms with van der Waals surface area (Å²) in [6.07, 6.45) is 4.45. The summed E-state index contributed by atoms with van der Waals surface area (Å²) in [7, 11) is 0.128. The molecule has 0 bridgehead atoms. The molecule has 62 heavy (non-hydrogen) atoms. The minimum Gasteiger partial charge on any atom is -0.493 e. The van der Waals surface area contributed by atoms with E-state index >= 15 is 0 Å². The van der Waals surface area contributed by atoms with Crippen LogP contribution in [-0.2, 0) is 9.16 Å². The number of nitrogens with one attached hydrogen (secondary N) is 2. The molecule has 2 aromatic rings. The van der Waals surface area contributed by atoms with Crippen LogP contribution in [0.25, 0.3) is 0 Å². The zero-order valence-electron chi connectivity index (χ0n) is 38.8. The molecule has 2 saturated heterocycles. The smallest absolute Gasteiger partial charge is 0.406 e. The molecule has 2 heterocycles. The highest BCUT2D eigenvalue weighted by Crippen LogP contribution is 2.40. The standard InChI is InChI=1S/C46H71BN4O9SSi/c1-14-34-20-30(2)26-50(34)45(53)37-23-41(56-11)43(25-39(37)49-47(9)54)58-19-17-15-16-18-57-42-24-38(48-33(5)59-28-32(4)61)36(22-40(42)55-10)44(52)51-27-31(3)21-35(51)29-60-62(12,13)46(6,7)8/h22-25,32,34-35,48-49,54,61H,2-3,5,14-21,26-29H2,1,4,6-13H3/t32-,34-,35+/m1/s1. The van der Waals surface area contributed by atoms with Gasteiger partial charge in [-0.05, 0) is 82.2 Å². The first-order valence-electron chi connectivity index (χ1n) is 21.7. The van der Waals surface area contributed by atoms with Crippen LogP contribution in [0.2, 0.25) is 25.0 Å². The van der Waals surface area contributed by atoms with Gasteiger partial charge in [-0.15, -0.1) is 0 Å². The summed E-state index contributed by atoms with van der Waals surface area (Å²) in [4.78, 5) is 31.9. The van der Waals surface area contributed by atoms with Crippen LogP contribution < -0.4 is 29.5 Å². The first-order chi connectivity index (χ1) is 29.2. The lowest BCUT2D eigenvalue weighted by Crippen LogP contribution is -2.46. The summed E-state index contributed by atoms with van der Waals surface area (Å²) in [5.74, 6) is 1.69. The molecule has 0 spiro atoms. The van der Waals surface area contributed by atoms with Crippen molar-refractivity contribution in [3.8, 4) is 23.0 Å². The van der Waals surface area contributed by atoms with Crippen LogP contribution in [0, 0.1) is 0 Å². The summed E-state index contributed by atoms with van der Waals surface area (Å²) in [5.41, 5.74) is 3.71. The molecule has 0 saturated carbocycles. The predicted molar refractivity (Wildman–Crippen MR) is 256 cm³/mol. The fraction of sp³-hybridized carbons (Fsp3) is 0.565. The maximum atomic E-state index is 14.4. The van der Waals surface area contributed by atoms with Crippen molar-refractivity contribution >= 4 is 51.2 Å². The lowest BCUT2D eigenvalue weighted by Gasteiger charge is -2.38. The third kappa shape index (κ3) is 13.4. The van der Waals surface area contributed by atoms with Crippen LogP contribution in [0.5, 0.6) is 23.0 Å². The Morgan fingerprint density at radius 2 is 1.39 bits per heavy atom. The molecule has 2 aliphatic heterocycles. The number of carbonyl (C=O) groups is 2. The molecule has 0 unspecified atom stereocenters. The van der Waals surface area contributed by atoms with Gasteiger partial charge in [0.2, 0.25) is 0 Å². The average Bonchev–Trinajstić information content (AvgIpc) is 3.78. The number of methoxy groups -OCH3 is 2. The van der Waals surface area contributed by atoms with Gasteiger partial charge in [0.05, 0.1) is 56.9 Å². The number of anilines is 2. The summed E-state index contributed by atoms with van der Waals surface area (Å²) >= 11 is 4.42. The average molecular weight is 895 g/mol. The van der Waals surface area contributed by atoms with E-state index in [0.29, 0.717) is 104 Å². The Bertz CT molecular complexity index is 1920. The summed E-state index contributed by atoms with van der Waals surface area (Å²) < 4.78 is 36.3. The molecule has 3 N–H and O–H groups in total. The first kappa shape index (κ1) is 50.4. The predicted octanol–water partition coefficient (Wildman–Crippen LogP) is 9.05. The largest absolute Gasteiger partial charge is 0.493 e. The number of ether oxygens (including phenoxy) is 5. The summed E-state index contributed by atoms with van der Waals surface area (Å²) in [6.45, 7) is 31.4. The Hall–Kier alpha value is -4.25. The van der Waals surface area contributed by atoms with Gasteiger partial charge in [0.25, 0.3) is 11.8 Å². The van der Waals surface area contributed by atoms with Gasteiger partial charge >= 0.3 is 7.05 Å². The van der Waals surface area contributed by atoms with Crippen LogP contribution in [0.4, 0.5) is 11.4 Å². The van der Waals surface area contributed by atoms with Crippen LogP contribution >= 0.6 is 12.6 Å². The number of carbonyl (C=O) groups excluding carboxylic acids is 2. The van der Waals surface area contributed by atoms with Crippen molar-refractivity contribution in [1.82, 2.24) is 9.80 Å². The van der Waals surface area contributed by atoms with Crippen LogP contribution in [0.1, 0.15) is 93.9 Å². The van der Waals surface area contributed by atoms with E-state index < -0.39 is 15.4 Å². The third-order valence-corrected chi connectivity index (χ3v) is 16.3. The Morgan fingerprint density at radius 1 is 0.887 bits per heavy atom. The summed E-state index contributed by atoms with van der Waals surface area (Å²) in [5, 5.41) is 16.4. The number of amides is 2. The van der Waals surface area contributed by atoms with Gasteiger partial charge in [0.15, 0.2) is 37.2 Å².